The predicted octanol–water partition coefficient (Wildman–Crippen LogP) is 3.30. The molecule has 1 aromatic heterocycles. The molecule has 0 N–H and O–H groups in total. The van der Waals surface area contributed by atoms with Gasteiger partial charge in [-0.3, -0.25) is 4.98 Å². The third-order valence-electron chi connectivity index (χ3n) is 1.87. The van der Waals surface area contributed by atoms with Crippen LogP contribution in [0, 0.1) is 0 Å². The third-order valence-corrected chi connectivity index (χ3v) is 2.05. The molecule has 15 heavy (non-hydrogen) atoms. The summed E-state index contributed by atoms with van der Waals surface area (Å²) in [6, 6.07) is 10.0. The van der Waals surface area contributed by atoms with E-state index in [0.717, 1.165) is 11.3 Å². The average molecular weight is 217 g/mol. The van der Waals surface area contributed by atoms with Gasteiger partial charge in [-0.25, -0.2) is 4.98 Å². The van der Waals surface area contributed by atoms with Gasteiger partial charge in [0, 0.05) is 0 Å². The monoisotopic (exact) mass is 216 g/mol. The highest BCUT2D eigenvalue weighted by atomic mass is 35.5. The number of rotatable bonds is 2. The highest BCUT2D eigenvalue weighted by Crippen LogP contribution is 2.07. The van der Waals surface area contributed by atoms with E-state index in [4.69, 9.17) is 11.6 Å². The summed E-state index contributed by atoms with van der Waals surface area (Å²) in [4.78, 5) is 8.06. The number of nitrogens with zero attached hydrogens (tertiary/aromatic N) is 2. The molecule has 1 aromatic carbocycles. The SMILES string of the molecule is Clc1cncc(/C=C/c2ccccc2)n1. The van der Waals surface area contributed by atoms with E-state index >= 15 is 0 Å². The van der Waals surface area contributed by atoms with E-state index in [9.17, 15) is 0 Å². The Labute approximate surface area is 93.3 Å². The van der Waals surface area contributed by atoms with Crippen molar-refractivity contribution in [3.05, 3.63) is 59.1 Å². The van der Waals surface area contributed by atoms with Crippen LogP contribution in [0.4, 0.5) is 0 Å². The molecule has 1 heterocycles. The van der Waals surface area contributed by atoms with Crippen LogP contribution in [0.3, 0.4) is 0 Å². The van der Waals surface area contributed by atoms with Crippen molar-refractivity contribution in [1.29, 1.82) is 0 Å². The van der Waals surface area contributed by atoms with Crippen molar-refractivity contribution in [1.82, 2.24) is 9.97 Å². The van der Waals surface area contributed by atoms with Crippen molar-refractivity contribution in [2.24, 2.45) is 0 Å². The number of aromatic nitrogens is 2. The zero-order valence-corrected chi connectivity index (χ0v) is 8.72. The minimum Gasteiger partial charge on any atom is -0.259 e. The highest BCUT2D eigenvalue weighted by molar-refractivity contribution is 6.29. The normalized spacial score (nSPS) is 10.7. The van der Waals surface area contributed by atoms with Gasteiger partial charge in [0.05, 0.1) is 18.1 Å². The van der Waals surface area contributed by atoms with Gasteiger partial charge in [0.2, 0.25) is 0 Å². The second-order valence-electron chi connectivity index (χ2n) is 3.01. The first-order chi connectivity index (χ1) is 7.34. The first kappa shape index (κ1) is 9.87. The molecule has 0 atom stereocenters. The van der Waals surface area contributed by atoms with Crippen LogP contribution in [0.5, 0.6) is 0 Å². The lowest BCUT2D eigenvalue weighted by Gasteiger charge is -1.93. The molecule has 0 aliphatic rings. The summed E-state index contributed by atoms with van der Waals surface area (Å²) in [5.41, 5.74) is 1.88. The van der Waals surface area contributed by atoms with Crippen molar-refractivity contribution in [2.45, 2.75) is 0 Å². The minimum atomic E-state index is 0.408. The predicted molar refractivity (Wildman–Crippen MR) is 62.4 cm³/mol. The largest absolute Gasteiger partial charge is 0.259 e. The Bertz CT molecular complexity index is 466. The Morgan fingerprint density at radius 2 is 1.80 bits per heavy atom. The zero-order valence-electron chi connectivity index (χ0n) is 7.97. The van der Waals surface area contributed by atoms with Crippen LogP contribution in [0.25, 0.3) is 12.2 Å². The number of hydrogen-bond donors (Lipinski definition) is 0. The van der Waals surface area contributed by atoms with Gasteiger partial charge < -0.3 is 0 Å². The summed E-state index contributed by atoms with van der Waals surface area (Å²) in [5.74, 6) is 0. The minimum absolute atomic E-state index is 0.408. The topological polar surface area (TPSA) is 25.8 Å². The van der Waals surface area contributed by atoms with Crippen molar-refractivity contribution >= 4 is 23.8 Å². The van der Waals surface area contributed by atoms with Crippen LogP contribution >= 0.6 is 11.6 Å². The lowest BCUT2D eigenvalue weighted by atomic mass is 10.2. The lowest BCUT2D eigenvalue weighted by molar-refractivity contribution is 1.18. The molecule has 0 aliphatic heterocycles. The van der Waals surface area contributed by atoms with E-state index in [2.05, 4.69) is 9.97 Å². The fourth-order valence-electron chi connectivity index (χ4n) is 1.18. The van der Waals surface area contributed by atoms with E-state index in [1.165, 1.54) is 6.20 Å². The Morgan fingerprint density at radius 1 is 1.00 bits per heavy atom. The quantitative estimate of drug-likeness (QED) is 0.770. The number of hydrogen-bond acceptors (Lipinski definition) is 2. The first-order valence-electron chi connectivity index (χ1n) is 4.55. The average Bonchev–Trinajstić information content (AvgIpc) is 2.28. The summed E-state index contributed by atoms with van der Waals surface area (Å²) >= 11 is 5.72. The van der Waals surface area contributed by atoms with Gasteiger partial charge in [0.1, 0.15) is 5.15 Å². The van der Waals surface area contributed by atoms with E-state index in [1.54, 1.807) is 6.20 Å². The second-order valence-corrected chi connectivity index (χ2v) is 3.40. The standard InChI is InChI=1S/C12H9ClN2/c13-12-9-14-8-11(15-12)7-6-10-4-2-1-3-5-10/h1-9H/b7-6+. The maximum Gasteiger partial charge on any atom is 0.148 e. The fraction of sp³-hybridized carbons (Fsp3) is 0. The molecule has 0 fully saturated rings. The molecule has 0 saturated heterocycles. The molecule has 2 nitrogen and oxygen atoms in total. The summed E-state index contributed by atoms with van der Waals surface area (Å²) in [5, 5.41) is 0.408. The second kappa shape index (κ2) is 4.71. The molecule has 3 heteroatoms. The van der Waals surface area contributed by atoms with E-state index in [1.807, 2.05) is 42.5 Å². The van der Waals surface area contributed by atoms with Gasteiger partial charge in [-0.15, -0.1) is 0 Å². The van der Waals surface area contributed by atoms with Crippen molar-refractivity contribution in [3.8, 4) is 0 Å². The van der Waals surface area contributed by atoms with Crippen LogP contribution in [0.1, 0.15) is 11.3 Å². The summed E-state index contributed by atoms with van der Waals surface area (Å²) in [6.07, 6.45) is 7.04. The number of halogens is 1. The maximum atomic E-state index is 5.72. The number of benzene rings is 1. The third kappa shape index (κ3) is 2.89. The van der Waals surface area contributed by atoms with Crippen LogP contribution in [0.2, 0.25) is 5.15 Å². The van der Waals surface area contributed by atoms with Crippen LogP contribution in [0.15, 0.2) is 42.7 Å². The van der Waals surface area contributed by atoms with Gasteiger partial charge >= 0.3 is 0 Å². The Kier molecular flexibility index (Phi) is 3.10. The molecule has 0 aliphatic carbocycles. The summed E-state index contributed by atoms with van der Waals surface area (Å²) in [7, 11) is 0. The Morgan fingerprint density at radius 3 is 2.53 bits per heavy atom. The van der Waals surface area contributed by atoms with Gasteiger partial charge in [-0.2, -0.15) is 0 Å². The molecule has 0 radical (unpaired) electrons. The maximum absolute atomic E-state index is 5.72. The molecule has 0 bridgehead atoms. The summed E-state index contributed by atoms with van der Waals surface area (Å²) < 4.78 is 0. The van der Waals surface area contributed by atoms with E-state index < -0.39 is 0 Å². The lowest BCUT2D eigenvalue weighted by Crippen LogP contribution is -1.83. The van der Waals surface area contributed by atoms with Crippen molar-refractivity contribution in [2.75, 3.05) is 0 Å². The van der Waals surface area contributed by atoms with E-state index in [0.29, 0.717) is 5.15 Å². The molecule has 2 aromatic rings. The highest BCUT2D eigenvalue weighted by Gasteiger charge is 1.91. The van der Waals surface area contributed by atoms with Gasteiger partial charge in [0.15, 0.2) is 0 Å². The smallest absolute Gasteiger partial charge is 0.148 e. The zero-order chi connectivity index (χ0) is 10.5. The molecular formula is C12H9ClN2. The molecule has 0 spiro atoms. The summed E-state index contributed by atoms with van der Waals surface area (Å²) in [6.45, 7) is 0. The van der Waals surface area contributed by atoms with Gasteiger partial charge in [0.25, 0.3) is 0 Å². The van der Waals surface area contributed by atoms with Crippen molar-refractivity contribution < 1.29 is 0 Å². The van der Waals surface area contributed by atoms with E-state index in [-0.39, 0.29) is 0 Å². The molecular weight excluding hydrogens is 208 g/mol. The Balaban J connectivity index is 2.19. The van der Waals surface area contributed by atoms with Gasteiger partial charge in [-0.05, 0) is 11.6 Å². The molecule has 74 valence electrons. The van der Waals surface area contributed by atoms with Crippen LogP contribution in [-0.2, 0) is 0 Å². The van der Waals surface area contributed by atoms with Gasteiger partial charge in [-0.1, -0.05) is 48.0 Å². The molecule has 2 rings (SSSR count). The molecule has 0 amide bonds. The molecule has 0 unspecified atom stereocenters. The van der Waals surface area contributed by atoms with Crippen LogP contribution < -0.4 is 0 Å². The van der Waals surface area contributed by atoms with Crippen molar-refractivity contribution in [3.63, 3.8) is 0 Å². The first-order valence-corrected chi connectivity index (χ1v) is 4.93. The van der Waals surface area contributed by atoms with Crippen LogP contribution in [-0.4, -0.2) is 9.97 Å². The fourth-order valence-corrected chi connectivity index (χ4v) is 1.34. The Hall–Kier alpha value is -1.67. The molecule has 0 saturated carbocycles.